The molecule has 1 aromatic rings. The molecule has 3 atom stereocenters. The molecular weight excluding hydrogens is 424 g/mol. The average molecular weight is 447 g/mol. The van der Waals surface area contributed by atoms with Crippen molar-refractivity contribution in [3.63, 3.8) is 0 Å². The van der Waals surface area contributed by atoms with E-state index in [0.717, 1.165) is 0 Å². The molecule has 1 aliphatic heterocycles. The van der Waals surface area contributed by atoms with Gasteiger partial charge in [-0.15, -0.1) is 0 Å². The van der Waals surface area contributed by atoms with Gasteiger partial charge in [-0.05, 0) is 24.5 Å². The minimum atomic E-state index is -10.0. The zero-order chi connectivity index (χ0) is 22.5. The molecule has 3 N–H and O–H groups in total. The number of hydrogen-bond acceptors (Lipinski definition) is 3. The second kappa shape index (κ2) is 6.53. The third-order valence-corrected chi connectivity index (χ3v) is 5.56. The molecule has 29 heavy (non-hydrogen) atoms. The summed E-state index contributed by atoms with van der Waals surface area (Å²) in [6.07, 6.45) is -0.674. The number of hydrogen-bond donors (Lipinski definition) is 3. The number of carbonyl (C=O) groups is 2. The fourth-order valence-corrected chi connectivity index (χ4v) is 3.69. The lowest BCUT2D eigenvalue weighted by atomic mass is 9.82. The van der Waals surface area contributed by atoms with Crippen LogP contribution in [0.25, 0.3) is 0 Å². The molecule has 1 heterocycles. The highest BCUT2D eigenvalue weighted by Gasteiger charge is 2.65. The van der Waals surface area contributed by atoms with Crippen LogP contribution in [0.5, 0.6) is 0 Å². The van der Waals surface area contributed by atoms with E-state index in [1.807, 2.05) is 0 Å². The Morgan fingerprint density at radius 2 is 1.79 bits per heavy atom. The Morgan fingerprint density at radius 3 is 2.24 bits per heavy atom. The Morgan fingerprint density at radius 1 is 1.21 bits per heavy atom. The van der Waals surface area contributed by atoms with E-state index < -0.39 is 50.5 Å². The first-order valence-electron chi connectivity index (χ1n) is 8.67. The van der Waals surface area contributed by atoms with Gasteiger partial charge in [0.25, 0.3) is 0 Å². The van der Waals surface area contributed by atoms with Gasteiger partial charge in [0, 0.05) is 5.56 Å². The maximum atomic E-state index is 14.5. The van der Waals surface area contributed by atoms with Crippen LogP contribution in [0.3, 0.4) is 0 Å². The van der Waals surface area contributed by atoms with Gasteiger partial charge in [0.15, 0.2) is 0 Å². The average Bonchev–Trinajstić information content (AvgIpc) is 2.48. The molecule has 1 fully saturated rings. The summed E-state index contributed by atoms with van der Waals surface area (Å²) in [7, 11) is -10.0. The normalized spacial score (nSPS) is 24.1. The first-order chi connectivity index (χ1) is 12.8. The fraction of sp³-hybridized carbons (Fsp3) is 0.529. The van der Waals surface area contributed by atoms with E-state index >= 15 is 0 Å². The lowest BCUT2D eigenvalue weighted by Gasteiger charge is -2.41. The molecule has 1 aliphatic rings. The molecular formula is C17H23F6N3O2S. The molecule has 0 aromatic heterocycles. The summed E-state index contributed by atoms with van der Waals surface area (Å²) in [5, 5.41) is 7.90. The smallest absolute Gasteiger partial charge is 0.310 e. The molecule has 0 spiro atoms. The molecule has 166 valence electrons. The van der Waals surface area contributed by atoms with Crippen LogP contribution in [0.4, 0.5) is 23.8 Å². The van der Waals surface area contributed by atoms with E-state index in [9.17, 15) is 33.4 Å². The van der Waals surface area contributed by atoms with Crippen molar-refractivity contribution in [3.8, 4) is 0 Å². The van der Waals surface area contributed by atoms with E-state index in [1.54, 1.807) is 27.7 Å². The van der Waals surface area contributed by atoms with Gasteiger partial charge >= 0.3 is 10.2 Å². The topological polar surface area (TPSA) is 70.2 Å². The summed E-state index contributed by atoms with van der Waals surface area (Å²) >= 11 is 0. The Hall–Kier alpha value is -1.95. The molecule has 1 saturated heterocycles. The second-order valence-electron chi connectivity index (χ2n) is 8.17. The van der Waals surface area contributed by atoms with Crippen molar-refractivity contribution in [2.24, 2.45) is 5.41 Å². The Bertz CT molecular complexity index is 838. The van der Waals surface area contributed by atoms with Gasteiger partial charge in [-0.2, -0.15) is 0 Å². The van der Waals surface area contributed by atoms with Gasteiger partial charge in [-0.1, -0.05) is 46.3 Å². The van der Waals surface area contributed by atoms with Gasteiger partial charge in [-0.3, -0.25) is 14.9 Å². The Kier molecular flexibility index (Phi) is 5.25. The maximum Gasteiger partial charge on any atom is 0.310 e. The van der Waals surface area contributed by atoms with Crippen LogP contribution in [0, 0.1) is 11.2 Å². The standard InChI is InChI=1S/C17H23F6N3O2S/c1-9-24-13(8-14(27)25-9)16(28)26-15(17(2,3)4)11-6-5-10(7-12(11)18)29(19,20,21,22)23/h5-7,9,13,15,24H,8H2,1-4H3,(H,25,27)(H,26,28). The van der Waals surface area contributed by atoms with Crippen LogP contribution in [-0.4, -0.2) is 24.0 Å². The summed E-state index contributed by atoms with van der Waals surface area (Å²) in [6.45, 7) is 6.40. The number of benzene rings is 1. The van der Waals surface area contributed by atoms with Crippen LogP contribution in [0.15, 0.2) is 23.1 Å². The second-order valence-corrected chi connectivity index (χ2v) is 10.6. The van der Waals surface area contributed by atoms with E-state index in [-0.39, 0.29) is 30.0 Å². The molecule has 5 nitrogen and oxygen atoms in total. The number of halogens is 6. The van der Waals surface area contributed by atoms with Crippen LogP contribution in [0.2, 0.25) is 0 Å². The lowest BCUT2D eigenvalue weighted by Crippen LogP contribution is -2.60. The highest BCUT2D eigenvalue weighted by Crippen LogP contribution is 3.02. The third-order valence-electron chi connectivity index (χ3n) is 4.42. The zero-order valence-electron chi connectivity index (χ0n) is 16.2. The monoisotopic (exact) mass is 447 g/mol. The molecule has 0 saturated carbocycles. The van der Waals surface area contributed by atoms with Gasteiger partial charge in [0.1, 0.15) is 10.7 Å². The van der Waals surface area contributed by atoms with E-state index in [2.05, 4.69) is 16.0 Å². The number of carbonyl (C=O) groups excluding carboxylic acids is 2. The SMILES string of the molecule is CC1NC(=O)CC(C(=O)NC(c2ccc(S(F)(F)(F)(F)F)cc2F)C(C)(C)C)N1. The van der Waals surface area contributed by atoms with Gasteiger partial charge in [-0.25, -0.2) is 4.39 Å². The van der Waals surface area contributed by atoms with E-state index in [0.29, 0.717) is 6.07 Å². The number of nitrogens with one attached hydrogen (secondary N) is 3. The van der Waals surface area contributed by atoms with Crippen molar-refractivity contribution < 1.29 is 33.4 Å². The Balaban J connectivity index is 2.37. The highest BCUT2D eigenvalue weighted by molar-refractivity contribution is 8.45. The lowest BCUT2D eigenvalue weighted by molar-refractivity contribution is -0.132. The predicted octanol–water partition coefficient (Wildman–Crippen LogP) is 4.51. The van der Waals surface area contributed by atoms with Crippen LogP contribution >= 0.6 is 10.2 Å². The van der Waals surface area contributed by atoms with Crippen molar-refractivity contribution in [1.29, 1.82) is 0 Å². The van der Waals surface area contributed by atoms with Crippen molar-refractivity contribution in [2.45, 2.75) is 57.3 Å². The molecule has 0 radical (unpaired) electrons. The van der Waals surface area contributed by atoms with Crippen molar-refractivity contribution in [2.75, 3.05) is 0 Å². The Labute approximate surface area is 164 Å². The van der Waals surface area contributed by atoms with Crippen LogP contribution < -0.4 is 16.0 Å². The molecule has 1 aromatic carbocycles. The summed E-state index contributed by atoms with van der Waals surface area (Å²) < 4.78 is 79.2. The summed E-state index contributed by atoms with van der Waals surface area (Å²) in [6, 6.07) is -1.61. The molecule has 0 aliphatic carbocycles. The van der Waals surface area contributed by atoms with Gasteiger partial charge < -0.3 is 10.6 Å². The van der Waals surface area contributed by atoms with E-state index in [4.69, 9.17) is 0 Å². The molecule has 0 bridgehead atoms. The van der Waals surface area contributed by atoms with Crippen molar-refractivity contribution in [1.82, 2.24) is 16.0 Å². The van der Waals surface area contributed by atoms with Crippen molar-refractivity contribution >= 4 is 22.0 Å². The first kappa shape index (κ1) is 23.3. The fourth-order valence-electron chi connectivity index (χ4n) is 3.04. The molecule has 2 rings (SSSR count). The van der Waals surface area contributed by atoms with Crippen LogP contribution in [-0.2, 0) is 9.59 Å². The molecule has 2 amide bonds. The van der Waals surface area contributed by atoms with Crippen LogP contribution in [0.1, 0.15) is 45.7 Å². The summed E-state index contributed by atoms with van der Waals surface area (Å²) in [5.41, 5.74) is -1.25. The summed E-state index contributed by atoms with van der Waals surface area (Å²) in [5.74, 6) is -2.56. The predicted molar refractivity (Wildman–Crippen MR) is 97.3 cm³/mol. The third kappa shape index (κ3) is 5.78. The largest absolute Gasteiger partial charge is 0.347 e. The minimum absolute atomic E-state index is 0.110. The van der Waals surface area contributed by atoms with E-state index in [1.165, 1.54) is 0 Å². The molecule has 3 unspecified atom stereocenters. The minimum Gasteiger partial charge on any atom is -0.347 e. The molecule has 12 heteroatoms. The van der Waals surface area contributed by atoms with Crippen molar-refractivity contribution in [3.05, 3.63) is 29.6 Å². The highest BCUT2D eigenvalue weighted by atomic mass is 32.5. The zero-order valence-corrected chi connectivity index (χ0v) is 17.0. The number of amides is 2. The van der Waals surface area contributed by atoms with Gasteiger partial charge in [0.2, 0.25) is 11.8 Å². The quantitative estimate of drug-likeness (QED) is 0.595. The van der Waals surface area contributed by atoms with Gasteiger partial charge in [0.05, 0.1) is 24.7 Å². The maximum absolute atomic E-state index is 14.5. The number of rotatable bonds is 4. The first-order valence-corrected chi connectivity index (χ1v) is 10.6. The summed E-state index contributed by atoms with van der Waals surface area (Å²) in [4.78, 5) is 21.9.